The normalized spacial score (nSPS) is 26.2. The fraction of sp³-hybridized carbons (Fsp3) is 0.500. The molecule has 0 N–H and O–H groups in total. The summed E-state index contributed by atoms with van der Waals surface area (Å²) in [5, 5.41) is 8.92. The van der Waals surface area contributed by atoms with E-state index in [-0.39, 0.29) is 5.92 Å². The van der Waals surface area contributed by atoms with Gasteiger partial charge >= 0.3 is 0 Å². The predicted octanol–water partition coefficient (Wildman–Crippen LogP) is 2.81. The molecule has 2 atom stereocenters. The average Bonchev–Trinajstić information content (AvgIpc) is 2.33. The fourth-order valence-electron chi connectivity index (χ4n) is 2.39. The number of hydrogen-bond acceptors (Lipinski definition) is 2. The molecule has 2 nitrogen and oxygen atoms in total. The molecule has 0 amide bonds. The molecule has 0 spiro atoms. The quantitative estimate of drug-likeness (QED) is 0.757. The molecule has 0 bridgehead atoms. The van der Waals surface area contributed by atoms with Gasteiger partial charge < -0.3 is 0 Å². The SMILES string of the molecule is CC1CC(C#N)CCN1Cc1ccccc1. The maximum Gasteiger partial charge on any atom is 0.0656 e. The van der Waals surface area contributed by atoms with E-state index in [1.54, 1.807) is 0 Å². The van der Waals surface area contributed by atoms with Crippen molar-refractivity contribution in [1.82, 2.24) is 4.90 Å². The van der Waals surface area contributed by atoms with Gasteiger partial charge in [0.15, 0.2) is 0 Å². The van der Waals surface area contributed by atoms with Crippen molar-refractivity contribution in [2.75, 3.05) is 6.54 Å². The molecule has 0 radical (unpaired) electrons. The van der Waals surface area contributed by atoms with Crippen LogP contribution in [0, 0.1) is 17.2 Å². The summed E-state index contributed by atoms with van der Waals surface area (Å²) in [7, 11) is 0. The third-order valence-corrected chi connectivity index (χ3v) is 3.42. The van der Waals surface area contributed by atoms with Crippen molar-refractivity contribution in [3.63, 3.8) is 0 Å². The van der Waals surface area contributed by atoms with Crippen LogP contribution in [-0.2, 0) is 6.54 Å². The summed E-state index contributed by atoms with van der Waals surface area (Å²) in [6.45, 7) is 4.29. The van der Waals surface area contributed by atoms with E-state index >= 15 is 0 Å². The van der Waals surface area contributed by atoms with Crippen LogP contribution < -0.4 is 0 Å². The summed E-state index contributed by atoms with van der Waals surface area (Å²) >= 11 is 0. The summed E-state index contributed by atoms with van der Waals surface area (Å²) < 4.78 is 0. The molecule has 1 aromatic carbocycles. The Hall–Kier alpha value is -1.33. The zero-order chi connectivity index (χ0) is 11.4. The van der Waals surface area contributed by atoms with Crippen molar-refractivity contribution < 1.29 is 0 Å². The Kier molecular flexibility index (Phi) is 3.58. The molecule has 1 fully saturated rings. The topological polar surface area (TPSA) is 27.0 Å². The van der Waals surface area contributed by atoms with E-state index in [4.69, 9.17) is 5.26 Å². The van der Waals surface area contributed by atoms with Gasteiger partial charge in [-0.15, -0.1) is 0 Å². The van der Waals surface area contributed by atoms with Gasteiger partial charge in [-0.05, 0) is 25.3 Å². The third-order valence-electron chi connectivity index (χ3n) is 3.42. The van der Waals surface area contributed by atoms with Crippen molar-refractivity contribution in [3.05, 3.63) is 35.9 Å². The summed E-state index contributed by atoms with van der Waals surface area (Å²) in [6, 6.07) is 13.5. The minimum atomic E-state index is 0.266. The van der Waals surface area contributed by atoms with E-state index in [2.05, 4.69) is 48.2 Å². The Bertz CT molecular complexity index is 366. The lowest BCUT2D eigenvalue weighted by Gasteiger charge is -2.35. The van der Waals surface area contributed by atoms with Gasteiger partial charge in [0.05, 0.1) is 6.07 Å². The van der Waals surface area contributed by atoms with Crippen LogP contribution >= 0.6 is 0 Å². The number of likely N-dealkylation sites (tertiary alicyclic amines) is 1. The monoisotopic (exact) mass is 214 g/mol. The maximum atomic E-state index is 8.92. The Labute approximate surface area is 97.5 Å². The van der Waals surface area contributed by atoms with E-state index in [9.17, 15) is 0 Å². The second kappa shape index (κ2) is 5.14. The van der Waals surface area contributed by atoms with Crippen molar-refractivity contribution in [2.24, 2.45) is 5.92 Å². The van der Waals surface area contributed by atoms with E-state index < -0.39 is 0 Å². The largest absolute Gasteiger partial charge is 0.296 e. The van der Waals surface area contributed by atoms with Gasteiger partial charge in [-0.2, -0.15) is 5.26 Å². The van der Waals surface area contributed by atoms with Crippen LogP contribution in [0.1, 0.15) is 25.3 Å². The highest BCUT2D eigenvalue weighted by atomic mass is 15.2. The highest BCUT2D eigenvalue weighted by molar-refractivity contribution is 5.14. The van der Waals surface area contributed by atoms with Gasteiger partial charge in [-0.25, -0.2) is 0 Å². The Balaban J connectivity index is 1.95. The van der Waals surface area contributed by atoms with Crippen LogP contribution in [-0.4, -0.2) is 17.5 Å². The van der Waals surface area contributed by atoms with Gasteiger partial charge in [-0.1, -0.05) is 30.3 Å². The number of hydrogen-bond donors (Lipinski definition) is 0. The van der Waals surface area contributed by atoms with E-state index in [0.29, 0.717) is 6.04 Å². The first-order valence-electron chi connectivity index (χ1n) is 5.97. The number of rotatable bonds is 2. The zero-order valence-electron chi connectivity index (χ0n) is 9.76. The fourth-order valence-corrected chi connectivity index (χ4v) is 2.39. The van der Waals surface area contributed by atoms with Crippen molar-refractivity contribution in [3.8, 4) is 6.07 Å². The molecule has 1 aliphatic heterocycles. The predicted molar refractivity (Wildman–Crippen MR) is 64.7 cm³/mol. The van der Waals surface area contributed by atoms with Crippen molar-refractivity contribution in [2.45, 2.75) is 32.4 Å². The molecular weight excluding hydrogens is 196 g/mol. The van der Waals surface area contributed by atoms with Gasteiger partial charge in [0.2, 0.25) is 0 Å². The highest BCUT2D eigenvalue weighted by Gasteiger charge is 2.24. The lowest BCUT2D eigenvalue weighted by molar-refractivity contribution is 0.133. The Morgan fingerprint density at radius 3 is 2.75 bits per heavy atom. The molecule has 2 rings (SSSR count). The first-order chi connectivity index (χ1) is 7.79. The Morgan fingerprint density at radius 1 is 1.38 bits per heavy atom. The molecule has 0 aliphatic carbocycles. The van der Waals surface area contributed by atoms with Crippen LogP contribution in [0.2, 0.25) is 0 Å². The van der Waals surface area contributed by atoms with Crippen LogP contribution in [0.4, 0.5) is 0 Å². The summed E-state index contributed by atoms with van der Waals surface area (Å²) in [6.07, 6.45) is 2.04. The smallest absolute Gasteiger partial charge is 0.0656 e. The average molecular weight is 214 g/mol. The molecule has 1 aliphatic rings. The number of benzene rings is 1. The maximum absolute atomic E-state index is 8.92. The van der Waals surface area contributed by atoms with E-state index in [0.717, 1.165) is 25.9 Å². The minimum absolute atomic E-state index is 0.266. The second-order valence-electron chi connectivity index (χ2n) is 4.66. The molecule has 1 saturated heterocycles. The van der Waals surface area contributed by atoms with Gasteiger partial charge in [0.25, 0.3) is 0 Å². The first-order valence-corrected chi connectivity index (χ1v) is 5.97. The van der Waals surface area contributed by atoms with Crippen LogP contribution in [0.25, 0.3) is 0 Å². The van der Waals surface area contributed by atoms with Crippen LogP contribution in [0.15, 0.2) is 30.3 Å². The number of piperidine rings is 1. The zero-order valence-corrected chi connectivity index (χ0v) is 9.76. The summed E-state index contributed by atoms with van der Waals surface area (Å²) in [5.41, 5.74) is 1.37. The van der Waals surface area contributed by atoms with E-state index in [1.165, 1.54) is 5.56 Å². The molecule has 2 unspecified atom stereocenters. The van der Waals surface area contributed by atoms with Gasteiger partial charge in [0, 0.05) is 25.0 Å². The molecule has 1 aromatic rings. The molecule has 0 saturated carbocycles. The highest BCUT2D eigenvalue weighted by Crippen LogP contribution is 2.23. The molecule has 16 heavy (non-hydrogen) atoms. The number of nitrogens with zero attached hydrogens (tertiary/aromatic N) is 2. The molecule has 84 valence electrons. The third kappa shape index (κ3) is 2.62. The van der Waals surface area contributed by atoms with Crippen molar-refractivity contribution in [1.29, 1.82) is 5.26 Å². The lowest BCUT2D eigenvalue weighted by atomic mass is 9.92. The van der Waals surface area contributed by atoms with Crippen molar-refractivity contribution >= 4 is 0 Å². The molecule has 2 heteroatoms. The van der Waals surface area contributed by atoms with Gasteiger partial charge in [0.1, 0.15) is 0 Å². The minimum Gasteiger partial charge on any atom is -0.296 e. The van der Waals surface area contributed by atoms with E-state index in [1.807, 2.05) is 0 Å². The molecule has 0 aromatic heterocycles. The first kappa shape index (κ1) is 11.2. The molecule has 1 heterocycles. The lowest BCUT2D eigenvalue weighted by Crippen LogP contribution is -2.39. The van der Waals surface area contributed by atoms with Gasteiger partial charge in [-0.3, -0.25) is 4.90 Å². The second-order valence-corrected chi connectivity index (χ2v) is 4.66. The Morgan fingerprint density at radius 2 is 2.12 bits per heavy atom. The summed E-state index contributed by atoms with van der Waals surface area (Å²) in [4.78, 5) is 2.48. The van der Waals surface area contributed by atoms with Crippen LogP contribution in [0.3, 0.4) is 0 Å². The standard InChI is InChI=1S/C14H18N2/c1-12-9-14(10-15)7-8-16(12)11-13-5-3-2-4-6-13/h2-6,12,14H,7-9,11H2,1H3. The van der Waals surface area contributed by atoms with Crippen LogP contribution in [0.5, 0.6) is 0 Å². The number of nitriles is 1. The summed E-state index contributed by atoms with van der Waals surface area (Å²) in [5.74, 6) is 0.266. The molecular formula is C14H18N2.